The smallest absolute Gasteiger partial charge is 0.0484 e. The molecule has 0 amide bonds. The highest BCUT2D eigenvalue weighted by Gasteiger charge is 2.05. The van der Waals surface area contributed by atoms with Gasteiger partial charge in [0.15, 0.2) is 0 Å². The maximum Gasteiger partial charge on any atom is 0.0484 e. The maximum absolute atomic E-state index is 5.84. The van der Waals surface area contributed by atoms with Gasteiger partial charge >= 0.3 is 0 Å². The normalized spacial score (nSPS) is 12.9. The van der Waals surface area contributed by atoms with Gasteiger partial charge in [-0.05, 0) is 47.4 Å². The molecule has 3 heteroatoms. The Morgan fingerprint density at radius 2 is 2.11 bits per heavy atom. The van der Waals surface area contributed by atoms with Crippen LogP contribution >= 0.6 is 11.3 Å². The SMILES string of the molecule is CC(N)Cc1ccn(Cc2csc3ccccc23)c1. The number of hydrogen-bond acceptors (Lipinski definition) is 2. The fourth-order valence-corrected chi connectivity index (χ4v) is 3.39. The van der Waals surface area contributed by atoms with Crippen molar-refractivity contribution in [3.63, 3.8) is 0 Å². The minimum atomic E-state index is 0.220. The molecule has 2 N–H and O–H groups in total. The van der Waals surface area contributed by atoms with Crippen molar-refractivity contribution < 1.29 is 0 Å². The van der Waals surface area contributed by atoms with Gasteiger partial charge in [-0.2, -0.15) is 0 Å². The highest BCUT2D eigenvalue weighted by molar-refractivity contribution is 7.17. The molecule has 3 rings (SSSR count). The van der Waals surface area contributed by atoms with E-state index in [9.17, 15) is 0 Å². The lowest BCUT2D eigenvalue weighted by Crippen LogP contribution is -2.17. The second-order valence-corrected chi connectivity index (χ2v) is 6.04. The van der Waals surface area contributed by atoms with Crippen molar-refractivity contribution in [2.75, 3.05) is 0 Å². The lowest BCUT2D eigenvalue weighted by Gasteiger charge is -2.03. The minimum absolute atomic E-state index is 0.220. The van der Waals surface area contributed by atoms with Crippen molar-refractivity contribution in [3.8, 4) is 0 Å². The van der Waals surface area contributed by atoms with Crippen LogP contribution in [0.15, 0.2) is 48.1 Å². The zero-order valence-electron chi connectivity index (χ0n) is 11.0. The van der Waals surface area contributed by atoms with E-state index in [4.69, 9.17) is 5.73 Å². The first-order valence-electron chi connectivity index (χ1n) is 6.58. The van der Waals surface area contributed by atoms with Crippen LogP contribution in [0.3, 0.4) is 0 Å². The number of fused-ring (bicyclic) bond motifs is 1. The van der Waals surface area contributed by atoms with Crippen molar-refractivity contribution >= 4 is 21.4 Å². The number of hydrogen-bond donors (Lipinski definition) is 1. The van der Waals surface area contributed by atoms with E-state index in [2.05, 4.69) is 52.7 Å². The van der Waals surface area contributed by atoms with Crippen LogP contribution in [0.5, 0.6) is 0 Å². The molecule has 2 heterocycles. The van der Waals surface area contributed by atoms with Crippen molar-refractivity contribution in [1.29, 1.82) is 0 Å². The Morgan fingerprint density at radius 3 is 2.95 bits per heavy atom. The van der Waals surface area contributed by atoms with Crippen LogP contribution in [0, 0.1) is 0 Å². The molecule has 0 aliphatic carbocycles. The van der Waals surface area contributed by atoms with Crippen LogP contribution in [-0.2, 0) is 13.0 Å². The van der Waals surface area contributed by atoms with Crippen molar-refractivity contribution in [1.82, 2.24) is 4.57 Å². The molecule has 1 aromatic carbocycles. The molecule has 3 aromatic rings. The van der Waals surface area contributed by atoms with E-state index in [0.717, 1.165) is 13.0 Å². The zero-order valence-corrected chi connectivity index (χ0v) is 11.9. The van der Waals surface area contributed by atoms with E-state index in [1.807, 2.05) is 18.3 Å². The van der Waals surface area contributed by atoms with Gasteiger partial charge < -0.3 is 10.3 Å². The molecule has 1 unspecified atom stereocenters. The number of nitrogens with two attached hydrogens (primary N) is 1. The zero-order chi connectivity index (χ0) is 13.2. The Kier molecular flexibility index (Phi) is 3.40. The van der Waals surface area contributed by atoms with E-state index in [1.165, 1.54) is 21.2 Å². The van der Waals surface area contributed by atoms with Gasteiger partial charge in [0.05, 0.1) is 0 Å². The molecule has 0 bridgehead atoms. The lowest BCUT2D eigenvalue weighted by atomic mass is 10.1. The molecule has 0 saturated carbocycles. The van der Waals surface area contributed by atoms with Crippen molar-refractivity contribution in [2.45, 2.75) is 25.9 Å². The average Bonchev–Trinajstić information content (AvgIpc) is 2.97. The van der Waals surface area contributed by atoms with Gasteiger partial charge in [0.2, 0.25) is 0 Å². The lowest BCUT2D eigenvalue weighted by molar-refractivity contribution is 0.732. The third-order valence-corrected chi connectivity index (χ3v) is 4.30. The van der Waals surface area contributed by atoms with Crippen LogP contribution in [0.1, 0.15) is 18.1 Å². The molecular formula is C16H18N2S. The molecule has 0 aliphatic rings. The Labute approximate surface area is 117 Å². The van der Waals surface area contributed by atoms with Gasteiger partial charge in [-0.25, -0.2) is 0 Å². The summed E-state index contributed by atoms with van der Waals surface area (Å²) in [4.78, 5) is 0. The van der Waals surface area contributed by atoms with E-state index in [-0.39, 0.29) is 6.04 Å². The molecule has 19 heavy (non-hydrogen) atoms. The molecule has 2 aromatic heterocycles. The van der Waals surface area contributed by atoms with Gasteiger partial charge in [0, 0.05) is 29.7 Å². The fraction of sp³-hybridized carbons (Fsp3) is 0.250. The quantitative estimate of drug-likeness (QED) is 0.771. The van der Waals surface area contributed by atoms with E-state index < -0.39 is 0 Å². The van der Waals surface area contributed by atoms with Crippen LogP contribution in [0.4, 0.5) is 0 Å². The standard InChI is InChI=1S/C16H18N2S/c1-12(17)8-13-6-7-18(9-13)10-14-11-19-16-5-3-2-4-15(14)16/h2-7,9,11-12H,8,10,17H2,1H3. The highest BCUT2D eigenvalue weighted by atomic mass is 32.1. The van der Waals surface area contributed by atoms with Gasteiger partial charge in [-0.3, -0.25) is 0 Å². The largest absolute Gasteiger partial charge is 0.350 e. The van der Waals surface area contributed by atoms with E-state index in [1.54, 1.807) is 0 Å². The number of thiophene rings is 1. The minimum Gasteiger partial charge on any atom is -0.350 e. The third kappa shape index (κ3) is 2.72. The van der Waals surface area contributed by atoms with Crippen LogP contribution < -0.4 is 5.73 Å². The Balaban J connectivity index is 1.83. The van der Waals surface area contributed by atoms with E-state index >= 15 is 0 Å². The summed E-state index contributed by atoms with van der Waals surface area (Å²) in [5, 5.41) is 3.63. The first-order chi connectivity index (χ1) is 9.22. The van der Waals surface area contributed by atoms with Gasteiger partial charge in [0.1, 0.15) is 0 Å². The Bertz CT molecular complexity index is 679. The number of aromatic nitrogens is 1. The van der Waals surface area contributed by atoms with Gasteiger partial charge in [0.25, 0.3) is 0 Å². The van der Waals surface area contributed by atoms with E-state index in [0.29, 0.717) is 0 Å². The van der Waals surface area contributed by atoms with Crippen molar-refractivity contribution in [2.24, 2.45) is 5.73 Å². The Morgan fingerprint density at radius 1 is 1.26 bits per heavy atom. The first-order valence-corrected chi connectivity index (χ1v) is 7.45. The molecule has 0 fully saturated rings. The summed E-state index contributed by atoms with van der Waals surface area (Å²) < 4.78 is 3.60. The Hall–Kier alpha value is -1.58. The second kappa shape index (κ2) is 5.19. The molecular weight excluding hydrogens is 252 g/mol. The molecule has 2 nitrogen and oxygen atoms in total. The average molecular weight is 270 g/mol. The number of benzene rings is 1. The highest BCUT2D eigenvalue weighted by Crippen LogP contribution is 2.26. The molecule has 1 atom stereocenters. The van der Waals surface area contributed by atoms with Gasteiger partial charge in [-0.1, -0.05) is 18.2 Å². The summed E-state index contributed by atoms with van der Waals surface area (Å²) >= 11 is 1.82. The van der Waals surface area contributed by atoms with Crippen LogP contribution in [0.25, 0.3) is 10.1 Å². The van der Waals surface area contributed by atoms with Crippen LogP contribution in [-0.4, -0.2) is 10.6 Å². The summed E-state index contributed by atoms with van der Waals surface area (Å²) in [5.41, 5.74) is 8.54. The fourth-order valence-electron chi connectivity index (χ4n) is 2.43. The molecule has 0 radical (unpaired) electrons. The number of rotatable bonds is 4. The first kappa shape index (κ1) is 12.5. The van der Waals surface area contributed by atoms with Gasteiger partial charge in [-0.15, -0.1) is 11.3 Å². The summed E-state index contributed by atoms with van der Waals surface area (Å²) in [6, 6.07) is 11.0. The summed E-state index contributed by atoms with van der Waals surface area (Å²) in [6.07, 6.45) is 5.29. The van der Waals surface area contributed by atoms with Crippen LogP contribution in [0.2, 0.25) is 0 Å². The third-order valence-electron chi connectivity index (χ3n) is 3.28. The summed E-state index contributed by atoms with van der Waals surface area (Å²) in [7, 11) is 0. The topological polar surface area (TPSA) is 30.9 Å². The molecule has 0 saturated heterocycles. The molecule has 0 aliphatic heterocycles. The summed E-state index contributed by atoms with van der Waals surface area (Å²) in [6.45, 7) is 2.98. The monoisotopic (exact) mass is 270 g/mol. The second-order valence-electron chi connectivity index (χ2n) is 5.13. The molecule has 98 valence electrons. The molecule has 0 spiro atoms. The summed E-state index contributed by atoms with van der Waals surface area (Å²) in [5.74, 6) is 0. The predicted octanol–water partition coefficient (Wildman–Crippen LogP) is 3.64. The van der Waals surface area contributed by atoms with Crippen molar-refractivity contribution in [3.05, 3.63) is 59.2 Å². The maximum atomic E-state index is 5.84. The predicted molar refractivity (Wildman–Crippen MR) is 82.7 cm³/mol. The number of nitrogens with zero attached hydrogens (tertiary/aromatic N) is 1.